The molecule has 17 heavy (non-hydrogen) atoms. The van der Waals surface area contributed by atoms with Gasteiger partial charge in [-0.15, -0.1) is 0 Å². The Kier molecular flexibility index (Phi) is 3.49. The van der Waals surface area contributed by atoms with Gasteiger partial charge < -0.3 is 9.72 Å². The quantitative estimate of drug-likeness (QED) is 0.884. The van der Waals surface area contributed by atoms with Crippen molar-refractivity contribution >= 4 is 33.8 Å². The summed E-state index contributed by atoms with van der Waals surface area (Å²) in [6.45, 7) is 0. The second-order valence-electron chi connectivity index (χ2n) is 3.25. The van der Waals surface area contributed by atoms with Crippen LogP contribution in [0.15, 0.2) is 22.8 Å². The summed E-state index contributed by atoms with van der Waals surface area (Å²) in [6, 6.07) is 5.24. The molecule has 1 aromatic heterocycles. The number of nitrogens with one attached hydrogen (secondary N) is 1. The first-order valence-electron chi connectivity index (χ1n) is 4.70. The molecular formula is C11H8BrClN2O2. The van der Waals surface area contributed by atoms with Crippen molar-refractivity contribution in [3.8, 4) is 17.0 Å². The number of benzene rings is 1. The SMILES string of the molecule is COc1ccc(Cl)c(-c2nc(C=O)[nH]c2Br)c1. The van der Waals surface area contributed by atoms with E-state index < -0.39 is 0 Å². The van der Waals surface area contributed by atoms with E-state index in [9.17, 15) is 4.79 Å². The maximum atomic E-state index is 10.6. The van der Waals surface area contributed by atoms with Gasteiger partial charge in [-0.05, 0) is 34.1 Å². The molecule has 0 saturated heterocycles. The molecule has 0 spiro atoms. The number of nitrogens with zero attached hydrogens (tertiary/aromatic N) is 1. The number of aromatic nitrogens is 2. The van der Waals surface area contributed by atoms with Crippen molar-refractivity contribution < 1.29 is 9.53 Å². The fourth-order valence-electron chi connectivity index (χ4n) is 1.42. The Balaban J connectivity index is 2.58. The molecule has 1 heterocycles. The van der Waals surface area contributed by atoms with Crippen molar-refractivity contribution in [1.82, 2.24) is 9.97 Å². The number of carbonyl (C=O) groups is 1. The number of H-pyrrole nitrogens is 1. The second kappa shape index (κ2) is 4.89. The highest BCUT2D eigenvalue weighted by molar-refractivity contribution is 9.10. The van der Waals surface area contributed by atoms with Crippen LogP contribution in [-0.4, -0.2) is 23.4 Å². The highest BCUT2D eigenvalue weighted by atomic mass is 79.9. The van der Waals surface area contributed by atoms with Crippen molar-refractivity contribution in [1.29, 1.82) is 0 Å². The van der Waals surface area contributed by atoms with E-state index in [1.54, 1.807) is 25.3 Å². The van der Waals surface area contributed by atoms with E-state index in [1.807, 2.05) is 0 Å². The van der Waals surface area contributed by atoms with Gasteiger partial charge in [0, 0.05) is 5.56 Å². The smallest absolute Gasteiger partial charge is 0.185 e. The number of hydrogen-bond acceptors (Lipinski definition) is 3. The molecule has 0 aliphatic rings. The normalized spacial score (nSPS) is 10.3. The van der Waals surface area contributed by atoms with Crippen molar-refractivity contribution in [2.75, 3.05) is 7.11 Å². The monoisotopic (exact) mass is 314 g/mol. The minimum Gasteiger partial charge on any atom is -0.497 e. The lowest BCUT2D eigenvalue weighted by atomic mass is 10.1. The van der Waals surface area contributed by atoms with Gasteiger partial charge in [0.15, 0.2) is 12.1 Å². The van der Waals surface area contributed by atoms with Crippen LogP contribution >= 0.6 is 27.5 Å². The van der Waals surface area contributed by atoms with Crippen molar-refractivity contribution in [3.63, 3.8) is 0 Å². The Morgan fingerprint density at radius 3 is 2.88 bits per heavy atom. The first-order valence-corrected chi connectivity index (χ1v) is 5.87. The molecule has 0 amide bonds. The number of aromatic amines is 1. The van der Waals surface area contributed by atoms with Crippen LogP contribution in [0.5, 0.6) is 5.75 Å². The first-order chi connectivity index (χ1) is 8.15. The number of carbonyl (C=O) groups excluding carboxylic acids is 1. The third-order valence-electron chi connectivity index (χ3n) is 2.22. The van der Waals surface area contributed by atoms with E-state index in [0.717, 1.165) is 0 Å². The fraction of sp³-hybridized carbons (Fsp3) is 0.0909. The fourth-order valence-corrected chi connectivity index (χ4v) is 2.13. The third-order valence-corrected chi connectivity index (χ3v) is 3.12. The molecule has 0 saturated carbocycles. The Hall–Kier alpha value is -1.33. The molecule has 0 atom stereocenters. The van der Waals surface area contributed by atoms with Crippen LogP contribution in [0.25, 0.3) is 11.3 Å². The van der Waals surface area contributed by atoms with Crippen LogP contribution in [0.4, 0.5) is 0 Å². The van der Waals surface area contributed by atoms with E-state index in [0.29, 0.717) is 32.9 Å². The van der Waals surface area contributed by atoms with Crippen LogP contribution in [-0.2, 0) is 0 Å². The van der Waals surface area contributed by atoms with Crippen molar-refractivity contribution in [2.45, 2.75) is 0 Å². The predicted molar refractivity (Wildman–Crippen MR) is 68.7 cm³/mol. The first kappa shape index (κ1) is 12.1. The molecule has 0 aliphatic carbocycles. The maximum absolute atomic E-state index is 10.6. The summed E-state index contributed by atoms with van der Waals surface area (Å²) in [5.41, 5.74) is 1.28. The van der Waals surface area contributed by atoms with Gasteiger partial charge in [0.25, 0.3) is 0 Å². The van der Waals surface area contributed by atoms with Crippen LogP contribution in [0.1, 0.15) is 10.6 Å². The number of aldehydes is 1. The molecular weight excluding hydrogens is 307 g/mol. The zero-order chi connectivity index (χ0) is 12.4. The van der Waals surface area contributed by atoms with Crippen LogP contribution in [0.3, 0.4) is 0 Å². The average molecular weight is 316 g/mol. The van der Waals surface area contributed by atoms with E-state index in [1.165, 1.54) is 0 Å². The van der Waals surface area contributed by atoms with Gasteiger partial charge in [-0.1, -0.05) is 11.6 Å². The summed E-state index contributed by atoms with van der Waals surface area (Å²) in [4.78, 5) is 17.6. The highest BCUT2D eigenvalue weighted by Crippen LogP contribution is 2.34. The summed E-state index contributed by atoms with van der Waals surface area (Å²) in [5, 5.41) is 0.537. The molecule has 88 valence electrons. The van der Waals surface area contributed by atoms with Gasteiger partial charge in [-0.25, -0.2) is 4.98 Å². The summed E-state index contributed by atoms with van der Waals surface area (Å²) >= 11 is 9.39. The molecule has 2 aromatic rings. The number of hydrogen-bond donors (Lipinski definition) is 1. The summed E-state index contributed by atoms with van der Waals surface area (Å²) < 4.78 is 5.73. The number of imidazole rings is 1. The number of halogens is 2. The average Bonchev–Trinajstić information content (AvgIpc) is 2.71. The van der Waals surface area contributed by atoms with Crippen molar-refractivity contribution in [3.05, 3.63) is 33.6 Å². The summed E-state index contributed by atoms with van der Waals surface area (Å²) in [6.07, 6.45) is 0.641. The van der Waals surface area contributed by atoms with Gasteiger partial charge in [0.1, 0.15) is 16.0 Å². The van der Waals surface area contributed by atoms with Crippen molar-refractivity contribution in [2.24, 2.45) is 0 Å². The summed E-state index contributed by atoms with van der Waals surface area (Å²) in [5.74, 6) is 0.915. The van der Waals surface area contributed by atoms with E-state index in [-0.39, 0.29) is 5.82 Å². The van der Waals surface area contributed by atoms with Gasteiger partial charge >= 0.3 is 0 Å². The summed E-state index contributed by atoms with van der Waals surface area (Å²) in [7, 11) is 1.57. The number of rotatable bonds is 3. The van der Waals surface area contributed by atoms with Gasteiger partial charge in [-0.3, -0.25) is 4.79 Å². The van der Waals surface area contributed by atoms with E-state index in [4.69, 9.17) is 16.3 Å². The van der Waals surface area contributed by atoms with Gasteiger partial charge in [0.2, 0.25) is 0 Å². The number of ether oxygens (including phenoxy) is 1. The van der Waals surface area contributed by atoms with Gasteiger partial charge in [0.05, 0.1) is 12.1 Å². The second-order valence-corrected chi connectivity index (χ2v) is 4.45. The molecule has 2 rings (SSSR count). The molecule has 0 bridgehead atoms. The Bertz CT molecular complexity index is 569. The largest absolute Gasteiger partial charge is 0.497 e. The molecule has 1 N–H and O–H groups in total. The highest BCUT2D eigenvalue weighted by Gasteiger charge is 2.13. The number of methoxy groups -OCH3 is 1. The maximum Gasteiger partial charge on any atom is 0.185 e. The topological polar surface area (TPSA) is 55.0 Å². The lowest BCUT2D eigenvalue weighted by molar-refractivity contribution is 0.111. The molecule has 6 heteroatoms. The lowest BCUT2D eigenvalue weighted by Crippen LogP contribution is -1.86. The standard InChI is InChI=1S/C11H8BrClN2O2/c1-17-6-2-3-8(13)7(4-6)10-11(12)15-9(5-16)14-10/h2-5H,1H3,(H,14,15). The molecule has 0 radical (unpaired) electrons. The lowest BCUT2D eigenvalue weighted by Gasteiger charge is -2.05. The Morgan fingerprint density at radius 2 is 2.29 bits per heavy atom. The minimum absolute atomic E-state index is 0.241. The molecule has 0 unspecified atom stereocenters. The molecule has 1 aromatic carbocycles. The van der Waals surface area contributed by atoms with E-state index >= 15 is 0 Å². The Labute approximate surface area is 111 Å². The predicted octanol–water partition coefficient (Wildman–Crippen LogP) is 3.31. The Morgan fingerprint density at radius 1 is 1.53 bits per heavy atom. The zero-order valence-corrected chi connectivity index (χ0v) is 11.2. The molecule has 0 aliphatic heterocycles. The van der Waals surface area contributed by atoms with Gasteiger partial charge in [-0.2, -0.15) is 0 Å². The third kappa shape index (κ3) is 2.35. The van der Waals surface area contributed by atoms with Crippen LogP contribution in [0.2, 0.25) is 5.02 Å². The molecule has 4 nitrogen and oxygen atoms in total. The molecule has 0 fully saturated rings. The minimum atomic E-state index is 0.241. The van der Waals surface area contributed by atoms with E-state index in [2.05, 4.69) is 25.9 Å². The van der Waals surface area contributed by atoms with Crippen LogP contribution < -0.4 is 4.74 Å². The van der Waals surface area contributed by atoms with Crippen LogP contribution in [0, 0.1) is 0 Å². The zero-order valence-electron chi connectivity index (χ0n) is 8.83.